The molecule has 0 spiro atoms. The van der Waals surface area contributed by atoms with Gasteiger partial charge >= 0.3 is 0 Å². The standard InChI is InChI=1S/C7H16N2O2S2/c1-6(2)12-7-3-4-9(5-7)13(8,10)11/h6-7H,3-5H2,1-2H3,(H2,8,10,11). The Kier molecular flexibility index (Phi) is 3.62. The Morgan fingerprint density at radius 2 is 2.15 bits per heavy atom. The monoisotopic (exact) mass is 224 g/mol. The van der Waals surface area contributed by atoms with Crippen molar-refractivity contribution in [3.05, 3.63) is 0 Å². The molecule has 1 atom stereocenters. The summed E-state index contributed by atoms with van der Waals surface area (Å²) in [5.41, 5.74) is 0. The molecule has 0 saturated carbocycles. The molecule has 0 aromatic carbocycles. The van der Waals surface area contributed by atoms with Crippen LogP contribution in [0.5, 0.6) is 0 Å². The van der Waals surface area contributed by atoms with Crippen LogP contribution in [0.4, 0.5) is 0 Å². The third-order valence-corrected chi connectivity index (χ3v) is 4.30. The molecule has 0 aromatic rings. The van der Waals surface area contributed by atoms with Gasteiger partial charge in [0, 0.05) is 18.3 Å². The topological polar surface area (TPSA) is 63.4 Å². The summed E-state index contributed by atoms with van der Waals surface area (Å²) in [6.07, 6.45) is 0.916. The summed E-state index contributed by atoms with van der Waals surface area (Å²) in [7, 11) is -3.45. The molecule has 1 fully saturated rings. The summed E-state index contributed by atoms with van der Waals surface area (Å²) < 4.78 is 23.3. The Balaban J connectivity index is 2.46. The summed E-state index contributed by atoms with van der Waals surface area (Å²) in [4.78, 5) is 0. The minimum absolute atomic E-state index is 0.415. The fourth-order valence-electron chi connectivity index (χ4n) is 1.42. The number of nitrogens with two attached hydrogens (primary N) is 1. The van der Waals surface area contributed by atoms with Crippen LogP contribution in [-0.4, -0.2) is 36.3 Å². The van der Waals surface area contributed by atoms with Gasteiger partial charge in [-0.05, 0) is 11.7 Å². The molecular formula is C7H16N2O2S2. The highest BCUT2D eigenvalue weighted by atomic mass is 32.2. The van der Waals surface area contributed by atoms with Crippen molar-refractivity contribution in [1.82, 2.24) is 4.31 Å². The normalized spacial score (nSPS) is 25.7. The van der Waals surface area contributed by atoms with Gasteiger partial charge in [0.05, 0.1) is 0 Å². The summed E-state index contributed by atoms with van der Waals surface area (Å²) in [6.45, 7) is 5.37. The van der Waals surface area contributed by atoms with Crippen LogP contribution in [0.3, 0.4) is 0 Å². The molecule has 78 valence electrons. The van der Waals surface area contributed by atoms with Crippen molar-refractivity contribution in [2.24, 2.45) is 5.14 Å². The van der Waals surface area contributed by atoms with Crippen molar-refractivity contribution in [1.29, 1.82) is 0 Å². The first kappa shape index (κ1) is 11.3. The molecular weight excluding hydrogens is 208 g/mol. The van der Waals surface area contributed by atoms with E-state index in [0.717, 1.165) is 6.42 Å². The first-order valence-electron chi connectivity index (χ1n) is 4.33. The lowest BCUT2D eigenvalue weighted by atomic mass is 10.4. The molecule has 0 amide bonds. The van der Waals surface area contributed by atoms with E-state index in [0.29, 0.717) is 23.6 Å². The van der Waals surface area contributed by atoms with Crippen molar-refractivity contribution >= 4 is 22.0 Å². The van der Waals surface area contributed by atoms with E-state index in [9.17, 15) is 8.42 Å². The quantitative estimate of drug-likeness (QED) is 0.755. The van der Waals surface area contributed by atoms with Crippen LogP contribution in [0.25, 0.3) is 0 Å². The van der Waals surface area contributed by atoms with E-state index in [4.69, 9.17) is 5.14 Å². The average molecular weight is 224 g/mol. The maximum Gasteiger partial charge on any atom is 0.276 e. The van der Waals surface area contributed by atoms with Gasteiger partial charge in [-0.25, -0.2) is 5.14 Å². The lowest BCUT2D eigenvalue weighted by Crippen LogP contribution is -2.35. The van der Waals surface area contributed by atoms with E-state index >= 15 is 0 Å². The predicted octanol–water partition coefficient (Wildman–Crippen LogP) is 0.406. The average Bonchev–Trinajstić information content (AvgIpc) is 2.32. The van der Waals surface area contributed by atoms with Crippen LogP contribution in [0.2, 0.25) is 0 Å². The van der Waals surface area contributed by atoms with Crippen molar-refractivity contribution in [3.63, 3.8) is 0 Å². The van der Waals surface area contributed by atoms with E-state index in [2.05, 4.69) is 13.8 Å². The lowest BCUT2D eigenvalue weighted by Gasteiger charge is -2.13. The second-order valence-corrected chi connectivity index (χ2v) is 6.93. The van der Waals surface area contributed by atoms with Gasteiger partial charge in [0.1, 0.15) is 0 Å². The molecule has 1 heterocycles. The zero-order valence-corrected chi connectivity index (χ0v) is 9.57. The van der Waals surface area contributed by atoms with E-state index in [1.54, 1.807) is 0 Å². The van der Waals surface area contributed by atoms with Gasteiger partial charge in [0.25, 0.3) is 10.2 Å². The molecule has 0 bridgehead atoms. The van der Waals surface area contributed by atoms with Crippen LogP contribution in [0.1, 0.15) is 20.3 Å². The molecule has 1 unspecified atom stereocenters. The van der Waals surface area contributed by atoms with Crippen molar-refractivity contribution in [3.8, 4) is 0 Å². The molecule has 2 N–H and O–H groups in total. The number of hydrogen-bond donors (Lipinski definition) is 1. The molecule has 6 heteroatoms. The fourth-order valence-corrected chi connectivity index (χ4v) is 3.54. The predicted molar refractivity (Wildman–Crippen MR) is 55.8 cm³/mol. The Labute approximate surface area is 84.0 Å². The lowest BCUT2D eigenvalue weighted by molar-refractivity contribution is 0.479. The second-order valence-electron chi connectivity index (χ2n) is 3.50. The summed E-state index contributed by atoms with van der Waals surface area (Å²) in [5.74, 6) is 0. The van der Waals surface area contributed by atoms with Gasteiger partial charge in [-0.3, -0.25) is 0 Å². The highest BCUT2D eigenvalue weighted by Crippen LogP contribution is 2.26. The SMILES string of the molecule is CC(C)SC1CCN(S(N)(=O)=O)C1. The highest BCUT2D eigenvalue weighted by molar-refractivity contribution is 8.00. The van der Waals surface area contributed by atoms with Crippen molar-refractivity contribution in [2.45, 2.75) is 30.8 Å². The Morgan fingerprint density at radius 1 is 1.54 bits per heavy atom. The molecule has 1 aliphatic rings. The smallest absolute Gasteiger partial charge is 0.216 e. The number of rotatable bonds is 3. The third-order valence-electron chi connectivity index (χ3n) is 1.93. The van der Waals surface area contributed by atoms with Crippen LogP contribution in [0.15, 0.2) is 0 Å². The minimum atomic E-state index is -3.45. The number of nitrogens with zero attached hydrogens (tertiary/aromatic N) is 1. The Bertz CT molecular complexity index is 264. The first-order valence-corrected chi connectivity index (χ1v) is 6.77. The van der Waals surface area contributed by atoms with Gasteiger partial charge in [-0.1, -0.05) is 13.8 Å². The first-order chi connectivity index (χ1) is 5.89. The van der Waals surface area contributed by atoms with E-state index < -0.39 is 10.2 Å². The minimum Gasteiger partial charge on any atom is -0.216 e. The van der Waals surface area contributed by atoms with Crippen molar-refractivity contribution < 1.29 is 8.42 Å². The summed E-state index contributed by atoms with van der Waals surface area (Å²) in [6, 6.07) is 0. The molecule has 0 aliphatic carbocycles. The molecule has 4 nitrogen and oxygen atoms in total. The zero-order valence-electron chi connectivity index (χ0n) is 7.93. The van der Waals surface area contributed by atoms with Gasteiger partial charge in [0.2, 0.25) is 0 Å². The molecule has 0 radical (unpaired) electrons. The van der Waals surface area contributed by atoms with Crippen LogP contribution >= 0.6 is 11.8 Å². The van der Waals surface area contributed by atoms with E-state index in [1.165, 1.54) is 4.31 Å². The maximum atomic E-state index is 11.0. The second kappa shape index (κ2) is 4.16. The molecule has 0 aromatic heterocycles. The maximum absolute atomic E-state index is 11.0. The molecule has 13 heavy (non-hydrogen) atoms. The van der Waals surface area contributed by atoms with E-state index in [1.807, 2.05) is 11.8 Å². The fraction of sp³-hybridized carbons (Fsp3) is 1.00. The van der Waals surface area contributed by atoms with Gasteiger partial charge in [-0.15, -0.1) is 0 Å². The summed E-state index contributed by atoms with van der Waals surface area (Å²) in [5, 5.41) is 5.98. The van der Waals surface area contributed by atoms with Gasteiger partial charge < -0.3 is 0 Å². The highest BCUT2D eigenvalue weighted by Gasteiger charge is 2.29. The largest absolute Gasteiger partial charge is 0.276 e. The Morgan fingerprint density at radius 3 is 2.54 bits per heavy atom. The Hall–Kier alpha value is 0.220. The summed E-state index contributed by atoms with van der Waals surface area (Å²) >= 11 is 1.82. The van der Waals surface area contributed by atoms with Crippen molar-refractivity contribution in [2.75, 3.05) is 13.1 Å². The zero-order chi connectivity index (χ0) is 10.1. The number of thioether (sulfide) groups is 1. The third kappa shape index (κ3) is 3.46. The number of hydrogen-bond acceptors (Lipinski definition) is 3. The molecule has 1 saturated heterocycles. The van der Waals surface area contributed by atoms with Gasteiger partial charge in [0.15, 0.2) is 0 Å². The van der Waals surface area contributed by atoms with Crippen LogP contribution in [0, 0.1) is 0 Å². The van der Waals surface area contributed by atoms with Crippen LogP contribution < -0.4 is 5.14 Å². The molecule has 1 aliphatic heterocycles. The van der Waals surface area contributed by atoms with Gasteiger partial charge in [-0.2, -0.15) is 24.5 Å². The van der Waals surface area contributed by atoms with E-state index in [-0.39, 0.29) is 0 Å². The van der Waals surface area contributed by atoms with Crippen LogP contribution in [-0.2, 0) is 10.2 Å². The molecule has 1 rings (SSSR count).